The van der Waals surface area contributed by atoms with Crippen LogP contribution in [0.15, 0.2) is 22.9 Å². The van der Waals surface area contributed by atoms with Crippen molar-refractivity contribution in [3.63, 3.8) is 0 Å². The molecule has 0 atom stereocenters. The van der Waals surface area contributed by atoms with Crippen molar-refractivity contribution in [1.29, 1.82) is 0 Å². The van der Waals surface area contributed by atoms with Crippen LogP contribution in [0.1, 0.15) is 11.3 Å². The minimum atomic E-state index is -0.448. The molecule has 0 spiro atoms. The number of H-pyrrole nitrogens is 1. The van der Waals surface area contributed by atoms with E-state index in [0.717, 1.165) is 0 Å². The molecule has 5 heteroatoms. The molecule has 0 bridgehead atoms. The molecule has 0 unspecified atom stereocenters. The topological polar surface area (TPSA) is 54.2 Å². The Hall–Kier alpha value is -1.29. The van der Waals surface area contributed by atoms with Gasteiger partial charge in [0.15, 0.2) is 5.82 Å². The number of aliphatic imine (C=N–C) groups is 1. The number of aromatic nitrogens is 1. The van der Waals surface area contributed by atoms with Crippen LogP contribution in [0.2, 0.25) is 0 Å². The number of nitrogens with one attached hydrogen (secondary N) is 1. The van der Waals surface area contributed by atoms with E-state index < -0.39 is 5.82 Å². The molecule has 0 aliphatic rings. The SMILES string of the molecule is C=C(Cl)N=C(N)c1c(F)c[nH]c1C. The summed E-state index contributed by atoms with van der Waals surface area (Å²) in [5.41, 5.74) is 6.33. The lowest BCUT2D eigenvalue weighted by molar-refractivity contribution is 0.627. The van der Waals surface area contributed by atoms with Crippen LogP contribution in [0, 0.1) is 12.7 Å². The highest BCUT2D eigenvalue weighted by atomic mass is 35.5. The van der Waals surface area contributed by atoms with Gasteiger partial charge in [-0.2, -0.15) is 0 Å². The first kappa shape index (κ1) is 9.80. The zero-order valence-electron chi connectivity index (χ0n) is 7.06. The molecule has 70 valence electrons. The van der Waals surface area contributed by atoms with E-state index in [-0.39, 0.29) is 16.6 Å². The van der Waals surface area contributed by atoms with Crippen molar-refractivity contribution in [3.8, 4) is 0 Å². The molecule has 1 heterocycles. The number of aromatic amines is 1. The number of hydrogen-bond donors (Lipinski definition) is 2. The molecule has 1 aromatic heterocycles. The molecule has 0 fully saturated rings. The standard InChI is InChI=1S/C8H9ClFN3/c1-4-7(6(10)3-12-4)8(11)13-5(2)9/h3,12H,2H2,1H3,(H2,11,13). The molecule has 0 aliphatic carbocycles. The van der Waals surface area contributed by atoms with Crippen LogP contribution in [0.5, 0.6) is 0 Å². The average Bonchev–Trinajstić information content (AvgIpc) is 2.29. The number of nitrogens with zero attached hydrogens (tertiary/aromatic N) is 1. The van der Waals surface area contributed by atoms with Crippen molar-refractivity contribution in [2.45, 2.75) is 6.92 Å². The quantitative estimate of drug-likeness (QED) is 0.429. The van der Waals surface area contributed by atoms with Gasteiger partial charge in [-0.15, -0.1) is 0 Å². The molecule has 3 N–H and O–H groups in total. The Morgan fingerprint density at radius 2 is 2.38 bits per heavy atom. The summed E-state index contributed by atoms with van der Waals surface area (Å²) in [5, 5.41) is 0.0255. The molecular formula is C8H9ClFN3. The van der Waals surface area contributed by atoms with Gasteiger partial charge in [0.05, 0.1) is 5.56 Å². The summed E-state index contributed by atoms with van der Waals surface area (Å²) < 4.78 is 13.0. The fourth-order valence-corrected chi connectivity index (χ4v) is 1.09. The summed E-state index contributed by atoms with van der Waals surface area (Å²) in [5.74, 6) is -0.423. The fraction of sp³-hybridized carbons (Fsp3) is 0.125. The first-order valence-corrected chi connectivity index (χ1v) is 3.92. The van der Waals surface area contributed by atoms with Crippen molar-refractivity contribution in [3.05, 3.63) is 35.0 Å². The van der Waals surface area contributed by atoms with E-state index in [4.69, 9.17) is 17.3 Å². The molecule has 0 saturated heterocycles. The van der Waals surface area contributed by atoms with Gasteiger partial charge in [-0.1, -0.05) is 18.2 Å². The Balaban J connectivity index is 3.14. The first-order valence-electron chi connectivity index (χ1n) is 3.54. The highest BCUT2D eigenvalue weighted by Gasteiger charge is 2.11. The molecule has 13 heavy (non-hydrogen) atoms. The molecule has 1 aromatic rings. The molecule has 0 saturated carbocycles. The van der Waals surface area contributed by atoms with Gasteiger partial charge < -0.3 is 10.7 Å². The summed E-state index contributed by atoms with van der Waals surface area (Å²) in [4.78, 5) is 6.33. The minimum absolute atomic E-state index is 0.0243. The second-order valence-corrected chi connectivity index (χ2v) is 2.95. The van der Waals surface area contributed by atoms with Crippen molar-refractivity contribution >= 4 is 17.4 Å². The lowest BCUT2D eigenvalue weighted by atomic mass is 10.2. The van der Waals surface area contributed by atoms with Crippen LogP contribution in [-0.2, 0) is 0 Å². The molecule has 0 radical (unpaired) electrons. The Bertz CT molecular complexity index is 348. The third kappa shape index (κ3) is 2.09. The Morgan fingerprint density at radius 3 is 2.77 bits per heavy atom. The summed E-state index contributed by atoms with van der Waals surface area (Å²) in [6.07, 6.45) is 1.21. The molecule has 0 aliphatic heterocycles. The van der Waals surface area contributed by atoms with Crippen molar-refractivity contribution < 1.29 is 4.39 Å². The molecule has 0 aromatic carbocycles. The first-order chi connectivity index (χ1) is 6.02. The van der Waals surface area contributed by atoms with Gasteiger partial charge in [0.2, 0.25) is 0 Å². The van der Waals surface area contributed by atoms with Crippen molar-refractivity contribution in [2.24, 2.45) is 10.7 Å². The van der Waals surface area contributed by atoms with Gasteiger partial charge in [-0.25, -0.2) is 9.38 Å². The molecule has 3 nitrogen and oxygen atoms in total. The third-order valence-electron chi connectivity index (χ3n) is 1.53. The van der Waals surface area contributed by atoms with E-state index in [9.17, 15) is 4.39 Å². The molecule has 0 amide bonds. The maximum Gasteiger partial charge on any atom is 0.151 e. The lowest BCUT2D eigenvalue weighted by Gasteiger charge is -1.98. The van der Waals surface area contributed by atoms with E-state index in [2.05, 4.69) is 16.6 Å². The fourth-order valence-electron chi connectivity index (χ4n) is 0.996. The number of hydrogen-bond acceptors (Lipinski definition) is 1. The van der Waals surface area contributed by atoms with Crippen LogP contribution in [0.3, 0.4) is 0 Å². The summed E-state index contributed by atoms with van der Waals surface area (Å²) >= 11 is 5.40. The van der Waals surface area contributed by atoms with Gasteiger partial charge in [0.1, 0.15) is 11.0 Å². The van der Waals surface area contributed by atoms with E-state index in [1.807, 2.05) is 0 Å². The number of aryl methyl sites for hydroxylation is 1. The summed E-state index contributed by atoms with van der Waals surface area (Å²) in [7, 11) is 0. The Labute approximate surface area is 80.1 Å². The number of rotatable bonds is 2. The van der Waals surface area contributed by atoms with Crippen LogP contribution < -0.4 is 5.73 Å². The van der Waals surface area contributed by atoms with Crippen molar-refractivity contribution in [2.75, 3.05) is 0 Å². The highest BCUT2D eigenvalue weighted by molar-refractivity contribution is 6.30. The second-order valence-electron chi connectivity index (χ2n) is 2.51. The smallest absolute Gasteiger partial charge is 0.151 e. The van der Waals surface area contributed by atoms with Crippen LogP contribution in [0.25, 0.3) is 0 Å². The van der Waals surface area contributed by atoms with Gasteiger partial charge in [-0.3, -0.25) is 0 Å². The van der Waals surface area contributed by atoms with Crippen LogP contribution >= 0.6 is 11.6 Å². The normalized spacial score (nSPS) is 11.8. The van der Waals surface area contributed by atoms with E-state index in [1.54, 1.807) is 6.92 Å². The molecular weight excluding hydrogens is 193 g/mol. The number of halogens is 2. The maximum atomic E-state index is 13.0. The van der Waals surface area contributed by atoms with E-state index >= 15 is 0 Å². The zero-order valence-corrected chi connectivity index (χ0v) is 7.82. The largest absolute Gasteiger partial charge is 0.383 e. The minimum Gasteiger partial charge on any atom is -0.383 e. The van der Waals surface area contributed by atoms with E-state index in [1.165, 1.54) is 6.20 Å². The van der Waals surface area contributed by atoms with Gasteiger partial charge in [0.25, 0.3) is 0 Å². The van der Waals surface area contributed by atoms with Gasteiger partial charge in [-0.05, 0) is 6.92 Å². The number of amidine groups is 1. The highest BCUT2D eigenvalue weighted by Crippen LogP contribution is 2.12. The van der Waals surface area contributed by atoms with Crippen LogP contribution in [0.4, 0.5) is 4.39 Å². The average molecular weight is 202 g/mol. The predicted octanol–water partition coefficient (Wildman–Crippen LogP) is 1.88. The Morgan fingerprint density at radius 1 is 1.77 bits per heavy atom. The van der Waals surface area contributed by atoms with Gasteiger partial charge >= 0.3 is 0 Å². The predicted molar refractivity (Wildman–Crippen MR) is 51.2 cm³/mol. The number of nitrogens with two attached hydrogens (primary N) is 1. The monoisotopic (exact) mass is 201 g/mol. The molecule has 1 rings (SSSR count). The van der Waals surface area contributed by atoms with Crippen molar-refractivity contribution in [1.82, 2.24) is 4.98 Å². The second kappa shape index (κ2) is 3.62. The third-order valence-corrected chi connectivity index (χ3v) is 1.61. The van der Waals surface area contributed by atoms with Gasteiger partial charge in [0, 0.05) is 11.9 Å². The summed E-state index contributed by atoms with van der Waals surface area (Å²) in [6.45, 7) is 5.02. The van der Waals surface area contributed by atoms with Crippen LogP contribution in [-0.4, -0.2) is 10.8 Å². The van der Waals surface area contributed by atoms with E-state index in [0.29, 0.717) is 5.69 Å². The maximum absolute atomic E-state index is 13.0. The Kier molecular flexibility index (Phi) is 2.72. The zero-order chi connectivity index (χ0) is 10.0. The summed E-state index contributed by atoms with van der Waals surface area (Å²) in [6, 6.07) is 0. The lowest BCUT2D eigenvalue weighted by Crippen LogP contribution is -2.15.